The minimum atomic E-state index is 0.604. The lowest BCUT2D eigenvalue weighted by Crippen LogP contribution is -2.09. The molecule has 0 fully saturated rings. The van der Waals surface area contributed by atoms with E-state index in [9.17, 15) is 0 Å². The second-order valence-electron chi connectivity index (χ2n) is 3.09. The van der Waals surface area contributed by atoms with Crippen LogP contribution in [0.15, 0.2) is 33.7 Å². The lowest BCUT2D eigenvalue weighted by atomic mass is 10.2. The third kappa shape index (κ3) is 5.01. The maximum absolute atomic E-state index is 5.75. The predicted octanol–water partition coefficient (Wildman–Crippen LogP) is 2.64. The fourth-order valence-corrected chi connectivity index (χ4v) is 2.41. The molecule has 5 heteroatoms. The highest BCUT2D eigenvalue weighted by Crippen LogP contribution is 2.21. The van der Waals surface area contributed by atoms with Crippen LogP contribution in [0.5, 0.6) is 0 Å². The molecule has 0 heterocycles. The normalized spacial score (nSPS) is 11.8. The molecule has 0 aliphatic carbocycles. The Balaban J connectivity index is 2.40. The van der Waals surface area contributed by atoms with Crippen LogP contribution in [0.4, 0.5) is 0 Å². The van der Waals surface area contributed by atoms with Gasteiger partial charge in [-0.05, 0) is 11.6 Å². The van der Waals surface area contributed by atoms with E-state index < -0.39 is 0 Å². The number of ether oxygens (including phenoxy) is 1. The van der Waals surface area contributed by atoms with Crippen LogP contribution in [0.25, 0.3) is 0 Å². The Morgan fingerprint density at radius 2 is 2.25 bits per heavy atom. The Bertz CT molecular complexity index is 358. The molecule has 2 N–H and O–H groups in total. The second-order valence-corrected chi connectivity index (χ2v) is 4.94. The summed E-state index contributed by atoms with van der Waals surface area (Å²) in [6.07, 6.45) is 0. The first kappa shape index (κ1) is 13.5. The monoisotopic (exact) mass is 302 g/mol. The van der Waals surface area contributed by atoms with Gasteiger partial charge < -0.3 is 10.5 Å². The molecule has 0 radical (unpaired) electrons. The fourth-order valence-electron chi connectivity index (χ4n) is 1.06. The average molecular weight is 303 g/mol. The van der Waals surface area contributed by atoms with Crippen LogP contribution in [-0.4, -0.2) is 25.4 Å². The molecular formula is C11H15BrN2OS. The van der Waals surface area contributed by atoms with E-state index in [-0.39, 0.29) is 0 Å². The zero-order valence-corrected chi connectivity index (χ0v) is 11.6. The summed E-state index contributed by atoms with van der Waals surface area (Å²) in [5.41, 5.74) is 6.97. The third-order valence-electron chi connectivity index (χ3n) is 1.90. The summed E-state index contributed by atoms with van der Waals surface area (Å²) in [4.78, 5) is 4.18. The first-order valence-electron chi connectivity index (χ1n) is 4.89. The van der Waals surface area contributed by atoms with Gasteiger partial charge in [0, 0.05) is 17.3 Å². The number of aliphatic imine (C=N–C) groups is 1. The number of amidine groups is 1. The van der Waals surface area contributed by atoms with Crippen molar-refractivity contribution in [2.24, 2.45) is 10.7 Å². The summed E-state index contributed by atoms with van der Waals surface area (Å²) in [5, 5.41) is 0.604. The molecule has 16 heavy (non-hydrogen) atoms. The Morgan fingerprint density at radius 3 is 2.94 bits per heavy atom. The second kappa shape index (κ2) is 7.70. The zero-order valence-electron chi connectivity index (χ0n) is 9.15. The van der Waals surface area contributed by atoms with Crippen molar-refractivity contribution in [2.45, 2.75) is 5.75 Å². The zero-order chi connectivity index (χ0) is 11.8. The number of methoxy groups -OCH3 is 1. The van der Waals surface area contributed by atoms with Gasteiger partial charge in [0.15, 0.2) is 5.17 Å². The van der Waals surface area contributed by atoms with E-state index in [0.717, 1.165) is 10.2 Å². The Kier molecular flexibility index (Phi) is 6.52. The van der Waals surface area contributed by atoms with Crippen molar-refractivity contribution >= 4 is 32.9 Å². The van der Waals surface area contributed by atoms with Gasteiger partial charge in [-0.3, -0.25) is 4.99 Å². The van der Waals surface area contributed by atoms with Gasteiger partial charge in [0.1, 0.15) is 0 Å². The van der Waals surface area contributed by atoms with Crippen molar-refractivity contribution in [3.63, 3.8) is 0 Å². The molecule has 0 amide bonds. The minimum absolute atomic E-state index is 0.604. The maximum Gasteiger partial charge on any atom is 0.154 e. The van der Waals surface area contributed by atoms with Crippen LogP contribution in [0.2, 0.25) is 0 Å². The highest BCUT2D eigenvalue weighted by molar-refractivity contribution is 9.10. The van der Waals surface area contributed by atoms with Crippen molar-refractivity contribution in [2.75, 3.05) is 20.3 Å². The summed E-state index contributed by atoms with van der Waals surface area (Å²) < 4.78 is 6.00. The lowest BCUT2D eigenvalue weighted by molar-refractivity contribution is 0.208. The van der Waals surface area contributed by atoms with E-state index in [1.54, 1.807) is 7.11 Å². The quantitative estimate of drug-likeness (QED) is 0.517. The van der Waals surface area contributed by atoms with Crippen molar-refractivity contribution < 1.29 is 4.74 Å². The van der Waals surface area contributed by atoms with Crippen molar-refractivity contribution in [1.29, 1.82) is 0 Å². The Labute approximate surface area is 109 Å². The molecule has 1 aromatic carbocycles. The highest BCUT2D eigenvalue weighted by Gasteiger charge is 2.00. The van der Waals surface area contributed by atoms with Crippen LogP contribution >= 0.6 is 27.7 Å². The van der Waals surface area contributed by atoms with Gasteiger partial charge in [-0.2, -0.15) is 0 Å². The smallest absolute Gasteiger partial charge is 0.154 e. The number of hydrogen-bond acceptors (Lipinski definition) is 3. The lowest BCUT2D eigenvalue weighted by Gasteiger charge is -2.03. The molecule has 1 aromatic rings. The maximum atomic E-state index is 5.75. The molecule has 0 atom stereocenters. The Hall–Kier alpha value is -0.520. The topological polar surface area (TPSA) is 47.6 Å². The van der Waals surface area contributed by atoms with Crippen molar-refractivity contribution in [3.05, 3.63) is 34.3 Å². The molecule has 0 saturated carbocycles. The molecule has 0 saturated heterocycles. The highest BCUT2D eigenvalue weighted by atomic mass is 79.9. The number of nitrogens with zero attached hydrogens (tertiary/aromatic N) is 1. The van der Waals surface area contributed by atoms with Crippen LogP contribution in [-0.2, 0) is 10.5 Å². The van der Waals surface area contributed by atoms with Crippen LogP contribution in [0, 0.1) is 0 Å². The van der Waals surface area contributed by atoms with Crippen LogP contribution < -0.4 is 5.73 Å². The van der Waals surface area contributed by atoms with Gasteiger partial charge in [0.2, 0.25) is 0 Å². The number of halogens is 1. The summed E-state index contributed by atoms with van der Waals surface area (Å²) in [6, 6.07) is 8.10. The van der Waals surface area contributed by atoms with Gasteiger partial charge in [0.25, 0.3) is 0 Å². The SMILES string of the molecule is COCCN=C(N)SCc1ccccc1Br. The molecule has 0 aliphatic rings. The molecule has 0 unspecified atom stereocenters. The van der Waals surface area contributed by atoms with Crippen LogP contribution in [0.1, 0.15) is 5.56 Å². The van der Waals surface area contributed by atoms with Gasteiger partial charge in [0.05, 0.1) is 13.2 Å². The van der Waals surface area contributed by atoms with E-state index in [2.05, 4.69) is 27.0 Å². The van der Waals surface area contributed by atoms with Gasteiger partial charge in [-0.25, -0.2) is 0 Å². The van der Waals surface area contributed by atoms with E-state index in [4.69, 9.17) is 10.5 Å². The minimum Gasteiger partial charge on any atom is -0.383 e. The number of benzene rings is 1. The van der Waals surface area contributed by atoms with Crippen LogP contribution in [0.3, 0.4) is 0 Å². The average Bonchev–Trinajstić information content (AvgIpc) is 2.28. The fraction of sp³-hybridized carbons (Fsp3) is 0.364. The van der Waals surface area contributed by atoms with Crippen molar-refractivity contribution in [1.82, 2.24) is 0 Å². The summed E-state index contributed by atoms with van der Waals surface area (Å²) in [7, 11) is 1.65. The molecular weight excluding hydrogens is 288 g/mol. The van der Waals surface area contributed by atoms with Gasteiger partial charge in [-0.15, -0.1) is 0 Å². The molecule has 0 aromatic heterocycles. The molecule has 1 rings (SSSR count). The van der Waals surface area contributed by atoms with Crippen molar-refractivity contribution in [3.8, 4) is 0 Å². The van der Waals surface area contributed by atoms with E-state index in [0.29, 0.717) is 18.3 Å². The molecule has 3 nitrogen and oxygen atoms in total. The summed E-state index contributed by atoms with van der Waals surface area (Å²) in [5.74, 6) is 0.823. The first-order chi connectivity index (χ1) is 7.74. The van der Waals surface area contributed by atoms with E-state index >= 15 is 0 Å². The third-order valence-corrected chi connectivity index (χ3v) is 3.55. The van der Waals surface area contributed by atoms with Gasteiger partial charge in [-0.1, -0.05) is 45.9 Å². The number of thioether (sulfide) groups is 1. The molecule has 0 bridgehead atoms. The molecule has 88 valence electrons. The van der Waals surface area contributed by atoms with Gasteiger partial charge >= 0.3 is 0 Å². The Morgan fingerprint density at radius 1 is 1.50 bits per heavy atom. The summed E-state index contributed by atoms with van der Waals surface area (Å²) in [6.45, 7) is 1.22. The van der Waals surface area contributed by atoms with E-state index in [1.165, 1.54) is 17.3 Å². The first-order valence-corrected chi connectivity index (χ1v) is 6.67. The standard InChI is InChI=1S/C11H15BrN2OS/c1-15-7-6-14-11(13)16-8-9-4-2-3-5-10(9)12/h2-5H,6-8H2,1H3,(H2,13,14). The largest absolute Gasteiger partial charge is 0.383 e. The molecule has 0 spiro atoms. The number of nitrogens with two attached hydrogens (primary N) is 1. The number of hydrogen-bond donors (Lipinski definition) is 1. The summed E-state index contributed by atoms with van der Waals surface area (Å²) >= 11 is 5.03. The predicted molar refractivity (Wildman–Crippen MR) is 73.8 cm³/mol. The number of rotatable bonds is 5. The molecule has 0 aliphatic heterocycles. The van der Waals surface area contributed by atoms with E-state index in [1.807, 2.05) is 18.2 Å².